The number of benzene rings is 2. The third-order valence-corrected chi connectivity index (χ3v) is 8.54. The molecule has 2 aliphatic heterocycles. The van der Waals surface area contributed by atoms with Crippen LogP contribution in [0.25, 0.3) is 10.8 Å². The Morgan fingerprint density at radius 1 is 1.17 bits per heavy atom. The van der Waals surface area contributed by atoms with E-state index >= 15 is 0 Å². The summed E-state index contributed by atoms with van der Waals surface area (Å²) in [7, 11) is 0. The molecule has 1 aromatic heterocycles. The predicted molar refractivity (Wildman–Crippen MR) is 182 cm³/mol. The third-order valence-electron chi connectivity index (χ3n) is 8.54. The van der Waals surface area contributed by atoms with Crippen molar-refractivity contribution in [1.29, 1.82) is 10.5 Å². The summed E-state index contributed by atoms with van der Waals surface area (Å²) >= 11 is 0. The largest absolute Gasteiger partial charge is 0.476 e. The number of piperazine rings is 1. The van der Waals surface area contributed by atoms with Gasteiger partial charge < -0.3 is 19.4 Å². The number of nitrogens with zero attached hydrogens (tertiary/aromatic N) is 8. The third kappa shape index (κ3) is 6.47. The van der Waals surface area contributed by atoms with Gasteiger partial charge in [0, 0.05) is 55.4 Å². The van der Waals surface area contributed by atoms with Gasteiger partial charge in [0.2, 0.25) is 11.8 Å². The number of aryl methyl sites for hydroxylation is 1. The second kappa shape index (κ2) is 14.5. The lowest BCUT2D eigenvalue weighted by molar-refractivity contribution is -0.128. The van der Waals surface area contributed by atoms with Crippen molar-refractivity contribution < 1.29 is 9.53 Å². The fourth-order valence-electron chi connectivity index (χ4n) is 6.39. The van der Waals surface area contributed by atoms with E-state index in [0.29, 0.717) is 50.4 Å². The number of allylic oxidation sites excluding steroid dienone is 1. The Morgan fingerprint density at radius 2 is 1.98 bits per heavy atom. The molecule has 46 heavy (non-hydrogen) atoms. The minimum Gasteiger partial charge on any atom is -0.476 e. The maximum absolute atomic E-state index is 12.6. The van der Waals surface area contributed by atoms with E-state index in [-0.39, 0.29) is 30.9 Å². The van der Waals surface area contributed by atoms with Gasteiger partial charge in [-0.05, 0) is 50.1 Å². The first kappa shape index (κ1) is 31.9. The van der Waals surface area contributed by atoms with Gasteiger partial charge in [-0.1, -0.05) is 43.0 Å². The van der Waals surface area contributed by atoms with Crippen LogP contribution in [-0.4, -0.2) is 67.2 Å². The first-order chi connectivity index (χ1) is 22.4. The van der Waals surface area contributed by atoms with Crippen LogP contribution in [0.15, 0.2) is 71.3 Å². The topological polar surface area (TPSA) is 121 Å². The van der Waals surface area contributed by atoms with Crippen LogP contribution < -0.4 is 14.5 Å². The number of carbonyl (C=O) groups is 1. The lowest BCUT2D eigenvalue weighted by atomic mass is 9.95. The number of ether oxygens (including phenoxy) is 1. The summed E-state index contributed by atoms with van der Waals surface area (Å²) in [5, 5.41) is 22.5. The maximum atomic E-state index is 12.6. The van der Waals surface area contributed by atoms with E-state index < -0.39 is 0 Å². The molecular formula is C36H38N8O2. The summed E-state index contributed by atoms with van der Waals surface area (Å²) < 4.78 is 6.22. The van der Waals surface area contributed by atoms with Crippen LogP contribution in [-0.2, 0) is 17.8 Å². The average molecular weight is 615 g/mol. The van der Waals surface area contributed by atoms with Crippen molar-refractivity contribution in [3.8, 4) is 18.0 Å². The van der Waals surface area contributed by atoms with Gasteiger partial charge in [0.05, 0.1) is 43.1 Å². The second-order valence-electron chi connectivity index (χ2n) is 11.3. The number of pyridine rings is 1. The quantitative estimate of drug-likeness (QED) is 0.177. The highest BCUT2D eigenvalue weighted by atomic mass is 16.5. The molecule has 1 fully saturated rings. The number of fused-ring (bicyclic) bond motifs is 2. The molecule has 0 saturated carbocycles. The van der Waals surface area contributed by atoms with Gasteiger partial charge in [-0.2, -0.15) is 10.5 Å². The molecular weight excluding hydrogens is 576 g/mol. The lowest BCUT2D eigenvalue weighted by Crippen LogP contribution is -2.55. The fourth-order valence-corrected chi connectivity index (χ4v) is 6.39. The van der Waals surface area contributed by atoms with Crippen LogP contribution in [0.1, 0.15) is 42.1 Å². The van der Waals surface area contributed by atoms with Crippen LogP contribution in [0.5, 0.6) is 5.88 Å². The van der Waals surface area contributed by atoms with Gasteiger partial charge in [-0.25, -0.2) is 15.0 Å². The van der Waals surface area contributed by atoms with Gasteiger partial charge in [-0.3, -0.25) is 4.79 Å². The van der Waals surface area contributed by atoms with Crippen LogP contribution >= 0.6 is 0 Å². The van der Waals surface area contributed by atoms with E-state index in [4.69, 9.17) is 9.72 Å². The van der Waals surface area contributed by atoms with Crippen molar-refractivity contribution in [2.45, 2.75) is 45.7 Å². The molecule has 2 aliphatic rings. The van der Waals surface area contributed by atoms with Crippen molar-refractivity contribution in [2.24, 2.45) is 9.98 Å². The van der Waals surface area contributed by atoms with E-state index in [0.717, 1.165) is 29.2 Å². The lowest BCUT2D eigenvalue weighted by Gasteiger charge is -2.43. The second-order valence-corrected chi connectivity index (χ2v) is 11.3. The van der Waals surface area contributed by atoms with Crippen molar-refractivity contribution in [1.82, 2.24) is 9.88 Å². The summed E-state index contributed by atoms with van der Waals surface area (Å²) in [6.45, 7) is 14.1. The van der Waals surface area contributed by atoms with Crippen LogP contribution in [0.4, 0.5) is 11.4 Å². The first-order valence-corrected chi connectivity index (χ1v) is 15.4. The molecule has 0 bridgehead atoms. The molecule has 10 nitrogen and oxygen atoms in total. The Balaban J connectivity index is 1.56. The number of amides is 1. The molecule has 1 atom stereocenters. The molecule has 1 amide bonds. The minimum absolute atomic E-state index is 0.172. The van der Waals surface area contributed by atoms with Gasteiger partial charge in [0.1, 0.15) is 17.5 Å². The van der Waals surface area contributed by atoms with E-state index in [2.05, 4.69) is 88.5 Å². The molecule has 0 N–H and O–H groups in total. The number of amidine groups is 1. The SMILES string of the molecule is C=CC(=O)N1CCN(c2c(C#N)c(OCC/C(N=C)=N/C=C\C)nc3c2CCN(c2cccc4cccc(C)c24)C3)C[C@@H]1CC#N. The van der Waals surface area contributed by atoms with Gasteiger partial charge >= 0.3 is 0 Å². The standard InChI is InChI=1S/C36H38N8O2/c1-5-17-40-32(39-4)15-21-46-36-29(22-38)35(43-19-20-44(33(45)6-2)27(23-43)13-16-37)28-14-18-42(24-30(28)41-36)31-12-8-11-26-10-7-9-25(3)34(26)31/h5-12,17,27H,2,4,13-15,18-21,23-24H2,1,3H3/b17-5-,40-32-/t27-/m0/s1. The highest BCUT2D eigenvalue weighted by molar-refractivity contribution is 5.97. The highest BCUT2D eigenvalue weighted by Crippen LogP contribution is 2.40. The number of hydrogen-bond acceptors (Lipinski definition) is 8. The molecule has 234 valence electrons. The van der Waals surface area contributed by atoms with Crippen LogP contribution in [0.2, 0.25) is 0 Å². The monoisotopic (exact) mass is 614 g/mol. The Morgan fingerprint density at radius 3 is 2.70 bits per heavy atom. The summed E-state index contributed by atoms with van der Waals surface area (Å²) in [4.78, 5) is 32.0. The zero-order valence-corrected chi connectivity index (χ0v) is 26.4. The average Bonchev–Trinajstić information content (AvgIpc) is 3.08. The Bertz CT molecular complexity index is 1790. The molecule has 3 heterocycles. The number of hydrogen-bond donors (Lipinski definition) is 0. The van der Waals surface area contributed by atoms with E-state index in [9.17, 15) is 15.3 Å². The Hall–Kier alpha value is -5.48. The predicted octanol–water partition coefficient (Wildman–Crippen LogP) is 5.50. The molecule has 0 spiro atoms. The molecule has 0 unspecified atom stereocenters. The van der Waals surface area contributed by atoms with E-state index in [1.54, 1.807) is 11.1 Å². The van der Waals surface area contributed by atoms with Crippen molar-refractivity contribution in [3.05, 3.63) is 83.7 Å². The van der Waals surface area contributed by atoms with Crippen LogP contribution in [0, 0.1) is 29.6 Å². The molecule has 10 heteroatoms. The number of aliphatic imine (C=N–C) groups is 2. The minimum atomic E-state index is -0.341. The zero-order chi connectivity index (χ0) is 32.6. The number of anilines is 2. The van der Waals surface area contributed by atoms with Crippen LogP contribution in [0.3, 0.4) is 0 Å². The summed E-state index contributed by atoms with van der Waals surface area (Å²) in [5.41, 5.74) is 5.31. The molecule has 2 aromatic carbocycles. The van der Waals surface area contributed by atoms with Gasteiger partial charge in [-0.15, -0.1) is 0 Å². The zero-order valence-electron chi connectivity index (χ0n) is 26.4. The molecule has 0 aliphatic carbocycles. The van der Waals surface area contributed by atoms with Gasteiger partial charge in [0.25, 0.3) is 0 Å². The fraction of sp³-hybridized carbons (Fsp3) is 0.333. The molecule has 1 saturated heterocycles. The van der Waals surface area contributed by atoms with E-state index in [1.165, 1.54) is 22.4 Å². The number of rotatable bonds is 9. The van der Waals surface area contributed by atoms with Crippen molar-refractivity contribution in [2.75, 3.05) is 42.6 Å². The summed E-state index contributed by atoms with van der Waals surface area (Å²) in [5.74, 6) is 0.575. The normalized spacial score (nSPS) is 16.6. The Kier molecular flexibility index (Phi) is 10.1. The Labute approximate surface area is 270 Å². The van der Waals surface area contributed by atoms with Crippen molar-refractivity contribution >= 4 is 40.6 Å². The summed E-state index contributed by atoms with van der Waals surface area (Å²) in [6, 6.07) is 17.0. The van der Waals surface area contributed by atoms with E-state index in [1.807, 2.05) is 13.0 Å². The number of carbonyl (C=O) groups excluding carboxylic acids is 1. The van der Waals surface area contributed by atoms with Crippen molar-refractivity contribution in [3.63, 3.8) is 0 Å². The first-order valence-electron chi connectivity index (χ1n) is 15.4. The number of aromatic nitrogens is 1. The van der Waals surface area contributed by atoms with Gasteiger partial charge in [0.15, 0.2) is 0 Å². The molecule has 3 aromatic rings. The number of nitriles is 2. The highest BCUT2D eigenvalue weighted by Gasteiger charge is 2.35. The maximum Gasteiger partial charge on any atom is 0.246 e. The summed E-state index contributed by atoms with van der Waals surface area (Å²) in [6.07, 6.45) is 5.98. The smallest absolute Gasteiger partial charge is 0.246 e. The molecule has 5 rings (SSSR count). The molecule has 0 radical (unpaired) electrons.